The fraction of sp³-hybridized carbons (Fsp3) is 0.211. The number of fused-ring (bicyclic) bond motifs is 1. The molecule has 0 spiro atoms. The van der Waals surface area contributed by atoms with Crippen LogP contribution in [0.5, 0.6) is 0 Å². The van der Waals surface area contributed by atoms with Gasteiger partial charge in [-0.2, -0.15) is 10.2 Å². The molecule has 6 nitrogen and oxygen atoms in total. The van der Waals surface area contributed by atoms with E-state index in [9.17, 15) is 9.18 Å². The molecule has 0 radical (unpaired) electrons. The lowest BCUT2D eigenvalue weighted by molar-refractivity contribution is 0.0762. The van der Waals surface area contributed by atoms with Crippen LogP contribution in [0.15, 0.2) is 49.1 Å². The van der Waals surface area contributed by atoms with Crippen LogP contribution in [-0.2, 0) is 12.8 Å². The lowest BCUT2D eigenvalue weighted by atomic mass is 10.0. The van der Waals surface area contributed by atoms with Crippen molar-refractivity contribution in [3.05, 3.63) is 71.7 Å². The second-order valence-electron chi connectivity index (χ2n) is 6.08. The molecule has 0 bridgehead atoms. The Kier molecular flexibility index (Phi) is 4.35. The minimum absolute atomic E-state index is 0.0760. The number of carbonyl (C=O) groups is 1. The minimum Gasteiger partial charge on any atom is -0.338 e. The maximum atomic E-state index is 13.6. The third kappa shape index (κ3) is 3.15. The summed E-state index contributed by atoms with van der Waals surface area (Å²) in [4.78, 5) is 23.2. The van der Waals surface area contributed by atoms with Gasteiger partial charge in [0.1, 0.15) is 12.1 Å². The molecule has 0 saturated carbocycles. The first-order valence-corrected chi connectivity index (χ1v) is 8.37. The number of rotatable bonds is 2. The van der Waals surface area contributed by atoms with Crippen molar-refractivity contribution in [1.82, 2.24) is 25.1 Å². The largest absolute Gasteiger partial charge is 0.338 e. The van der Waals surface area contributed by atoms with Gasteiger partial charge in [-0.25, -0.2) is 14.4 Å². The lowest BCUT2D eigenvalue weighted by Crippen LogP contribution is -2.33. The van der Waals surface area contributed by atoms with Gasteiger partial charge in [0, 0.05) is 36.3 Å². The molecule has 3 aromatic rings. The van der Waals surface area contributed by atoms with Gasteiger partial charge in [-0.15, -0.1) is 0 Å². The van der Waals surface area contributed by atoms with Crippen LogP contribution in [0.1, 0.15) is 21.6 Å². The molecule has 0 atom stereocenters. The van der Waals surface area contributed by atoms with Crippen molar-refractivity contribution >= 4 is 5.91 Å². The Morgan fingerprint density at radius 2 is 1.96 bits per heavy atom. The number of hydrogen-bond acceptors (Lipinski definition) is 5. The first kappa shape index (κ1) is 16.3. The molecule has 0 unspecified atom stereocenters. The first-order chi connectivity index (χ1) is 12.7. The Bertz CT molecular complexity index is 948. The molecule has 1 amide bonds. The van der Waals surface area contributed by atoms with E-state index in [-0.39, 0.29) is 11.7 Å². The maximum Gasteiger partial charge on any atom is 0.255 e. The molecular weight excluding hydrogens is 333 g/mol. The lowest BCUT2D eigenvalue weighted by Gasteiger charge is -2.19. The van der Waals surface area contributed by atoms with Gasteiger partial charge in [0.15, 0.2) is 0 Å². The number of amides is 1. The highest BCUT2D eigenvalue weighted by Gasteiger charge is 2.23. The summed E-state index contributed by atoms with van der Waals surface area (Å²) in [6, 6.07) is 8.04. The normalized spacial score (nSPS) is 13.8. The molecule has 0 saturated heterocycles. The second kappa shape index (κ2) is 6.95. The second-order valence-corrected chi connectivity index (χ2v) is 6.08. The molecule has 0 fully saturated rings. The van der Waals surface area contributed by atoms with Crippen LogP contribution >= 0.6 is 0 Å². The van der Waals surface area contributed by atoms with Crippen LogP contribution in [0.2, 0.25) is 0 Å². The van der Waals surface area contributed by atoms with Crippen molar-refractivity contribution in [1.29, 1.82) is 0 Å². The highest BCUT2D eigenvalue weighted by atomic mass is 19.1. The van der Waals surface area contributed by atoms with E-state index in [1.54, 1.807) is 17.0 Å². The Hall–Kier alpha value is -3.22. The summed E-state index contributed by atoms with van der Waals surface area (Å²) in [7, 11) is 0. The van der Waals surface area contributed by atoms with Gasteiger partial charge in [0.25, 0.3) is 5.91 Å². The summed E-state index contributed by atoms with van der Waals surface area (Å²) >= 11 is 0. The molecule has 2 aromatic heterocycles. The predicted octanol–water partition coefficient (Wildman–Crippen LogP) is 2.31. The molecule has 7 heteroatoms. The van der Waals surface area contributed by atoms with E-state index in [2.05, 4.69) is 20.2 Å². The van der Waals surface area contributed by atoms with E-state index < -0.39 is 0 Å². The van der Waals surface area contributed by atoms with Gasteiger partial charge in [-0.05, 0) is 24.6 Å². The van der Waals surface area contributed by atoms with Crippen LogP contribution in [0.25, 0.3) is 11.3 Å². The highest BCUT2D eigenvalue weighted by molar-refractivity contribution is 5.93. The molecule has 130 valence electrons. The van der Waals surface area contributed by atoms with Gasteiger partial charge >= 0.3 is 0 Å². The monoisotopic (exact) mass is 349 g/mol. The van der Waals surface area contributed by atoms with Crippen LogP contribution < -0.4 is 0 Å². The molecule has 1 aromatic carbocycles. The molecule has 1 aliphatic rings. The zero-order chi connectivity index (χ0) is 17.9. The summed E-state index contributed by atoms with van der Waals surface area (Å²) in [6.45, 7) is 1.11. The standard InChI is InChI=1S/C19H16FN5O/c20-15-3-1-2-13(10-15)18-16-5-8-25(9-6-17(16)21-12-22-18)19(26)14-4-7-23-24-11-14/h1-4,7,10-12H,5-6,8-9H2. The van der Waals surface area contributed by atoms with Gasteiger partial charge in [-0.3, -0.25) is 4.79 Å². The minimum atomic E-state index is -0.300. The average molecular weight is 349 g/mol. The number of benzene rings is 1. The van der Waals surface area contributed by atoms with Crippen molar-refractivity contribution in [3.8, 4) is 11.3 Å². The van der Waals surface area contributed by atoms with Gasteiger partial charge in [0.05, 0.1) is 23.7 Å². The van der Waals surface area contributed by atoms with Crippen molar-refractivity contribution in [2.45, 2.75) is 12.8 Å². The van der Waals surface area contributed by atoms with Gasteiger partial charge in [0.2, 0.25) is 0 Å². The predicted molar refractivity (Wildman–Crippen MR) is 92.8 cm³/mol. The van der Waals surface area contributed by atoms with E-state index in [1.165, 1.54) is 30.9 Å². The third-order valence-corrected chi connectivity index (χ3v) is 4.50. The Morgan fingerprint density at radius 1 is 1.08 bits per heavy atom. The first-order valence-electron chi connectivity index (χ1n) is 8.37. The topological polar surface area (TPSA) is 71.9 Å². The summed E-state index contributed by atoms with van der Waals surface area (Å²) in [5.74, 6) is -0.376. The van der Waals surface area contributed by atoms with E-state index >= 15 is 0 Å². The Morgan fingerprint density at radius 3 is 2.77 bits per heavy atom. The molecule has 3 heterocycles. The van der Waals surface area contributed by atoms with Crippen LogP contribution in [0.3, 0.4) is 0 Å². The molecule has 0 aliphatic carbocycles. The third-order valence-electron chi connectivity index (χ3n) is 4.50. The SMILES string of the molecule is O=C(c1ccnnc1)N1CCc2ncnc(-c3cccc(F)c3)c2CC1. The Labute approximate surface area is 149 Å². The Balaban J connectivity index is 1.63. The van der Waals surface area contributed by atoms with Crippen LogP contribution in [0, 0.1) is 5.82 Å². The van der Waals surface area contributed by atoms with Crippen LogP contribution in [0.4, 0.5) is 4.39 Å². The van der Waals surface area contributed by atoms with Gasteiger partial charge < -0.3 is 4.90 Å². The molecule has 4 rings (SSSR count). The average Bonchev–Trinajstić information content (AvgIpc) is 2.91. The van der Waals surface area contributed by atoms with E-state index in [4.69, 9.17) is 0 Å². The summed E-state index contributed by atoms with van der Waals surface area (Å²) in [5, 5.41) is 7.48. The number of halogens is 1. The number of aromatic nitrogens is 4. The van der Waals surface area contributed by atoms with Crippen molar-refractivity contribution in [2.24, 2.45) is 0 Å². The number of hydrogen-bond donors (Lipinski definition) is 0. The molecule has 1 aliphatic heterocycles. The number of nitrogens with zero attached hydrogens (tertiary/aromatic N) is 5. The molecule has 0 N–H and O–H groups in total. The fourth-order valence-electron chi connectivity index (χ4n) is 3.21. The zero-order valence-corrected chi connectivity index (χ0v) is 14.0. The summed E-state index contributed by atoms with van der Waals surface area (Å²) in [5.41, 5.74) is 3.85. The van der Waals surface area contributed by atoms with Crippen molar-refractivity contribution in [2.75, 3.05) is 13.1 Å². The quantitative estimate of drug-likeness (QED) is 0.710. The smallest absolute Gasteiger partial charge is 0.255 e. The summed E-state index contributed by atoms with van der Waals surface area (Å²) in [6.07, 6.45) is 5.73. The van der Waals surface area contributed by atoms with E-state index in [0.717, 1.165) is 22.5 Å². The fourth-order valence-corrected chi connectivity index (χ4v) is 3.21. The van der Waals surface area contributed by atoms with Gasteiger partial charge in [-0.1, -0.05) is 12.1 Å². The van der Waals surface area contributed by atoms with E-state index in [1.807, 2.05) is 6.07 Å². The van der Waals surface area contributed by atoms with Crippen molar-refractivity contribution < 1.29 is 9.18 Å². The molecular formula is C19H16FN5O. The highest BCUT2D eigenvalue weighted by Crippen LogP contribution is 2.26. The van der Waals surface area contributed by atoms with Crippen molar-refractivity contribution in [3.63, 3.8) is 0 Å². The van der Waals surface area contributed by atoms with E-state index in [0.29, 0.717) is 31.5 Å². The zero-order valence-electron chi connectivity index (χ0n) is 14.0. The number of carbonyl (C=O) groups excluding carboxylic acids is 1. The van der Waals surface area contributed by atoms with Crippen LogP contribution in [-0.4, -0.2) is 44.1 Å². The maximum absolute atomic E-state index is 13.6. The molecule has 26 heavy (non-hydrogen) atoms. The summed E-state index contributed by atoms with van der Waals surface area (Å²) < 4.78 is 13.6.